The van der Waals surface area contributed by atoms with Crippen LogP contribution in [0.4, 0.5) is 5.69 Å². The minimum absolute atomic E-state index is 0.0322. The molecule has 0 aliphatic carbocycles. The van der Waals surface area contributed by atoms with Crippen LogP contribution in [0.5, 0.6) is 5.75 Å². The van der Waals surface area contributed by atoms with Gasteiger partial charge in [-0.15, -0.1) is 0 Å². The fourth-order valence-electron chi connectivity index (χ4n) is 3.40. The number of anilines is 1. The number of ether oxygens (including phenoxy) is 1. The lowest BCUT2D eigenvalue weighted by Gasteiger charge is -2.17. The molecule has 0 aromatic heterocycles. The zero-order valence-electron chi connectivity index (χ0n) is 16.5. The van der Waals surface area contributed by atoms with Crippen molar-refractivity contribution in [1.29, 1.82) is 0 Å². The minimum atomic E-state index is -0.0993. The number of fused-ring (bicyclic) bond motifs is 1. The smallest absolute Gasteiger partial charge is 0.270 e. The summed E-state index contributed by atoms with van der Waals surface area (Å²) in [5.74, 6) is 0.664. The molecule has 3 aromatic carbocycles. The first-order valence-corrected chi connectivity index (χ1v) is 10.7. The molecule has 0 saturated carbocycles. The lowest BCUT2D eigenvalue weighted by molar-refractivity contribution is -0.113. The van der Waals surface area contributed by atoms with E-state index in [1.54, 1.807) is 4.90 Å². The maximum Gasteiger partial charge on any atom is 0.270 e. The van der Waals surface area contributed by atoms with Crippen LogP contribution in [0.3, 0.4) is 0 Å². The summed E-state index contributed by atoms with van der Waals surface area (Å²) in [6, 6.07) is 19.9. The van der Waals surface area contributed by atoms with Gasteiger partial charge in [-0.1, -0.05) is 72.5 Å². The SMILES string of the molecule is Cc1ccccc1N1C(=O)C(=Cc2c(OC(C)C)ccc3ccccc23)SC1=S. The lowest BCUT2D eigenvalue weighted by Crippen LogP contribution is -2.28. The molecule has 1 saturated heterocycles. The van der Waals surface area contributed by atoms with E-state index in [0.29, 0.717) is 9.23 Å². The Labute approximate surface area is 180 Å². The van der Waals surface area contributed by atoms with Crippen LogP contribution in [-0.2, 0) is 4.79 Å². The summed E-state index contributed by atoms with van der Waals surface area (Å²) < 4.78 is 6.59. The van der Waals surface area contributed by atoms with Crippen LogP contribution in [0.2, 0.25) is 0 Å². The highest BCUT2D eigenvalue weighted by atomic mass is 32.2. The Kier molecular flexibility index (Phi) is 5.43. The van der Waals surface area contributed by atoms with E-state index in [9.17, 15) is 4.79 Å². The number of benzene rings is 3. The molecule has 1 aliphatic heterocycles. The van der Waals surface area contributed by atoms with Crippen molar-refractivity contribution in [2.24, 2.45) is 0 Å². The molecule has 146 valence electrons. The van der Waals surface area contributed by atoms with Crippen LogP contribution in [0, 0.1) is 6.92 Å². The Bertz CT molecular complexity index is 1150. The fraction of sp³-hybridized carbons (Fsp3) is 0.167. The number of carbonyl (C=O) groups is 1. The average molecular weight is 420 g/mol. The number of hydrogen-bond donors (Lipinski definition) is 0. The third-order valence-corrected chi connectivity index (χ3v) is 6.02. The molecule has 0 spiro atoms. The zero-order chi connectivity index (χ0) is 20.5. The molecule has 1 aliphatic rings. The molecule has 0 bridgehead atoms. The van der Waals surface area contributed by atoms with Crippen molar-refractivity contribution in [3.05, 3.63) is 76.7 Å². The van der Waals surface area contributed by atoms with Gasteiger partial charge in [0.1, 0.15) is 5.75 Å². The highest BCUT2D eigenvalue weighted by molar-refractivity contribution is 8.27. The van der Waals surface area contributed by atoms with Crippen LogP contribution < -0.4 is 9.64 Å². The van der Waals surface area contributed by atoms with Crippen molar-refractivity contribution in [2.45, 2.75) is 26.9 Å². The van der Waals surface area contributed by atoms with Gasteiger partial charge >= 0.3 is 0 Å². The van der Waals surface area contributed by atoms with Crippen molar-refractivity contribution in [3.63, 3.8) is 0 Å². The second-order valence-corrected chi connectivity index (χ2v) is 8.84. The quantitative estimate of drug-likeness (QED) is 0.364. The summed E-state index contributed by atoms with van der Waals surface area (Å²) in [6.07, 6.45) is 1.95. The van der Waals surface area contributed by atoms with E-state index in [0.717, 1.165) is 33.3 Å². The molecular formula is C24H21NO2S2. The van der Waals surface area contributed by atoms with E-state index in [1.807, 2.05) is 75.4 Å². The minimum Gasteiger partial charge on any atom is -0.490 e. The predicted molar refractivity (Wildman–Crippen MR) is 127 cm³/mol. The monoisotopic (exact) mass is 419 g/mol. The van der Waals surface area contributed by atoms with Crippen molar-refractivity contribution in [1.82, 2.24) is 0 Å². The Morgan fingerprint density at radius 3 is 2.52 bits per heavy atom. The summed E-state index contributed by atoms with van der Waals surface area (Å²) in [5, 5.41) is 2.15. The molecule has 0 radical (unpaired) electrons. The lowest BCUT2D eigenvalue weighted by atomic mass is 10.0. The molecular weight excluding hydrogens is 398 g/mol. The normalized spacial score (nSPS) is 15.7. The van der Waals surface area contributed by atoms with Crippen molar-refractivity contribution in [2.75, 3.05) is 4.90 Å². The molecule has 1 fully saturated rings. The van der Waals surface area contributed by atoms with Crippen LogP contribution >= 0.6 is 24.0 Å². The van der Waals surface area contributed by atoms with E-state index < -0.39 is 0 Å². The summed E-state index contributed by atoms with van der Waals surface area (Å²) >= 11 is 6.88. The van der Waals surface area contributed by atoms with Gasteiger partial charge < -0.3 is 4.74 Å². The van der Waals surface area contributed by atoms with Crippen molar-refractivity contribution in [3.8, 4) is 5.75 Å². The van der Waals surface area contributed by atoms with Crippen molar-refractivity contribution < 1.29 is 9.53 Å². The van der Waals surface area contributed by atoms with Gasteiger partial charge in [-0.3, -0.25) is 9.69 Å². The van der Waals surface area contributed by atoms with Crippen LogP contribution in [0.25, 0.3) is 16.8 Å². The maximum absolute atomic E-state index is 13.3. The van der Waals surface area contributed by atoms with E-state index in [1.165, 1.54) is 11.8 Å². The molecule has 29 heavy (non-hydrogen) atoms. The largest absolute Gasteiger partial charge is 0.490 e. The number of aryl methyl sites for hydroxylation is 1. The predicted octanol–water partition coefficient (Wildman–Crippen LogP) is 6.34. The van der Waals surface area contributed by atoms with Gasteiger partial charge in [-0.25, -0.2) is 0 Å². The Morgan fingerprint density at radius 2 is 1.76 bits per heavy atom. The van der Waals surface area contributed by atoms with Gasteiger partial charge in [0.05, 0.1) is 16.7 Å². The summed E-state index contributed by atoms with van der Waals surface area (Å²) in [7, 11) is 0. The fourth-order valence-corrected chi connectivity index (χ4v) is 4.67. The van der Waals surface area contributed by atoms with Gasteiger partial charge in [-0.2, -0.15) is 0 Å². The van der Waals surface area contributed by atoms with Gasteiger partial charge in [-0.05, 0) is 55.3 Å². The highest BCUT2D eigenvalue weighted by Gasteiger charge is 2.34. The van der Waals surface area contributed by atoms with Gasteiger partial charge in [0, 0.05) is 5.56 Å². The number of carbonyl (C=O) groups excluding carboxylic acids is 1. The number of hydrogen-bond acceptors (Lipinski definition) is 4. The molecule has 0 N–H and O–H groups in total. The van der Waals surface area contributed by atoms with E-state index in [2.05, 4.69) is 12.1 Å². The number of thioether (sulfide) groups is 1. The molecule has 3 nitrogen and oxygen atoms in total. The van der Waals surface area contributed by atoms with E-state index in [4.69, 9.17) is 17.0 Å². The summed E-state index contributed by atoms with van der Waals surface area (Å²) in [5.41, 5.74) is 2.75. The molecule has 0 unspecified atom stereocenters. The topological polar surface area (TPSA) is 29.5 Å². The van der Waals surface area contributed by atoms with Gasteiger partial charge in [0.2, 0.25) is 0 Å². The zero-order valence-corrected chi connectivity index (χ0v) is 18.1. The first-order chi connectivity index (χ1) is 14.0. The summed E-state index contributed by atoms with van der Waals surface area (Å²) in [4.78, 5) is 15.5. The average Bonchev–Trinajstić information content (AvgIpc) is 2.97. The first kappa shape index (κ1) is 19.7. The first-order valence-electron chi connectivity index (χ1n) is 9.47. The Balaban J connectivity index is 1.82. The standard InChI is InChI=1S/C24H21NO2S2/c1-15(2)27-21-13-12-17-9-5-6-10-18(17)19(21)14-22-23(26)25(24(28)29-22)20-11-7-4-8-16(20)3/h4-15H,1-3H3. The maximum atomic E-state index is 13.3. The van der Waals surface area contributed by atoms with Crippen LogP contribution in [-0.4, -0.2) is 16.3 Å². The second kappa shape index (κ2) is 8.01. The Morgan fingerprint density at radius 1 is 1.03 bits per heavy atom. The van der Waals surface area contributed by atoms with Crippen LogP contribution in [0.15, 0.2) is 65.6 Å². The third kappa shape index (κ3) is 3.80. The van der Waals surface area contributed by atoms with Gasteiger partial charge in [0.25, 0.3) is 5.91 Å². The third-order valence-electron chi connectivity index (χ3n) is 4.72. The van der Waals surface area contributed by atoms with E-state index >= 15 is 0 Å². The summed E-state index contributed by atoms with van der Waals surface area (Å²) in [6.45, 7) is 5.98. The molecule has 1 amide bonds. The van der Waals surface area contributed by atoms with Gasteiger partial charge in [0.15, 0.2) is 4.32 Å². The molecule has 1 heterocycles. The number of amides is 1. The van der Waals surface area contributed by atoms with Crippen LogP contribution in [0.1, 0.15) is 25.0 Å². The molecule has 0 atom stereocenters. The van der Waals surface area contributed by atoms with Crippen molar-refractivity contribution >= 4 is 56.7 Å². The highest BCUT2D eigenvalue weighted by Crippen LogP contribution is 2.39. The molecule has 3 aromatic rings. The number of nitrogens with zero attached hydrogens (tertiary/aromatic N) is 1. The second-order valence-electron chi connectivity index (χ2n) is 7.17. The van der Waals surface area contributed by atoms with E-state index in [-0.39, 0.29) is 12.0 Å². The molecule has 5 heteroatoms. The molecule has 4 rings (SSSR count). The number of para-hydroxylation sites is 1. The number of rotatable bonds is 4. The number of thiocarbonyl (C=S) groups is 1. The Hall–Kier alpha value is -2.63.